The number of carboxylic acids is 1. The summed E-state index contributed by atoms with van der Waals surface area (Å²) >= 11 is 0. The number of nitrogens with zero attached hydrogens (tertiary/aromatic N) is 1. The molecule has 110 valence electrons. The second-order valence-electron chi connectivity index (χ2n) is 5.31. The molecule has 2 rings (SSSR count). The lowest BCUT2D eigenvalue weighted by molar-refractivity contribution is -0.138. The zero-order chi connectivity index (χ0) is 14.7. The summed E-state index contributed by atoms with van der Waals surface area (Å²) in [5.41, 5.74) is 10.1. The monoisotopic (exact) mass is 278 g/mol. The summed E-state index contributed by atoms with van der Waals surface area (Å²) in [5.74, 6) is -0.957. The van der Waals surface area contributed by atoms with E-state index in [1.807, 2.05) is 13.8 Å². The molecule has 5 nitrogen and oxygen atoms in total. The average Bonchev–Trinajstić information content (AvgIpc) is 2.43. The Morgan fingerprint density at radius 1 is 1.35 bits per heavy atom. The van der Waals surface area contributed by atoms with Gasteiger partial charge in [-0.25, -0.2) is 0 Å². The van der Waals surface area contributed by atoms with Gasteiger partial charge in [-0.3, -0.25) is 4.79 Å². The highest BCUT2D eigenvalue weighted by Gasteiger charge is 2.17. The van der Waals surface area contributed by atoms with E-state index in [0.717, 1.165) is 43.0 Å². The van der Waals surface area contributed by atoms with Crippen LogP contribution in [-0.2, 0) is 16.0 Å². The number of aliphatic carboxylic acids is 1. The number of carbonyl (C=O) groups is 1. The number of rotatable bonds is 4. The first kappa shape index (κ1) is 14.8. The van der Waals surface area contributed by atoms with E-state index in [1.165, 1.54) is 5.69 Å². The summed E-state index contributed by atoms with van der Waals surface area (Å²) in [4.78, 5) is 13.2. The summed E-state index contributed by atoms with van der Waals surface area (Å²) in [5, 5.41) is 8.94. The third-order valence-corrected chi connectivity index (χ3v) is 3.80. The molecule has 1 aromatic carbocycles. The van der Waals surface area contributed by atoms with Crippen LogP contribution in [0, 0.1) is 13.8 Å². The van der Waals surface area contributed by atoms with Gasteiger partial charge in [0.05, 0.1) is 13.2 Å². The number of benzene rings is 1. The fourth-order valence-electron chi connectivity index (χ4n) is 2.60. The Morgan fingerprint density at radius 2 is 1.90 bits per heavy atom. The van der Waals surface area contributed by atoms with Gasteiger partial charge >= 0.3 is 5.97 Å². The Labute approximate surface area is 119 Å². The molecule has 0 saturated carbocycles. The Kier molecular flexibility index (Phi) is 4.62. The minimum atomic E-state index is -0.957. The van der Waals surface area contributed by atoms with Crippen molar-refractivity contribution in [1.82, 2.24) is 0 Å². The Balaban J connectivity index is 2.21. The van der Waals surface area contributed by atoms with E-state index < -0.39 is 12.0 Å². The van der Waals surface area contributed by atoms with Crippen LogP contribution in [0.2, 0.25) is 0 Å². The van der Waals surface area contributed by atoms with E-state index >= 15 is 0 Å². The van der Waals surface area contributed by atoms with E-state index in [4.69, 9.17) is 15.6 Å². The maximum Gasteiger partial charge on any atom is 0.320 e. The molecular formula is C15H22N2O3. The molecule has 3 N–H and O–H groups in total. The van der Waals surface area contributed by atoms with Crippen molar-refractivity contribution in [3.05, 3.63) is 28.8 Å². The molecule has 0 bridgehead atoms. The lowest BCUT2D eigenvalue weighted by atomic mass is 9.95. The smallest absolute Gasteiger partial charge is 0.320 e. The topological polar surface area (TPSA) is 75.8 Å². The molecule has 1 heterocycles. The molecule has 0 aromatic heterocycles. The van der Waals surface area contributed by atoms with Gasteiger partial charge in [0.15, 0.2) is 0 Å². The number of hydrogen-bond acceptors (Lipinski definition) is 4. The van der Waals surface area contributed by atoms with Crippen LogP contribution in [0.15, 0.2) is 12.1 Å². The van der Waals surface area contributed by atoms with Gasteiger partial charge in [-0.15, -0.1) is 0 Å². The van der Waals surface area contributed by atoms with E-state index in [2.05, 4.69) is 17.0 Å². The third kappa shape index (κ3) is 3.29. The second-order valence-corrected chi connectivity index (χ2v) is 5.31. The van der Waals surface area contributed by atoms with Crippen LogP contribution < -0.4 is 10.6 Å². The summed E-state index contributed by atoms with van der Waals surface area (Å²) in [6, 6.07) is 3.38. The Hall–Kier alpha value is -1.59. The largest absolute Gasteiger partial charge is 0.480 e. The molecule has 1 aliphatic heterocycles. The number of carboxylic acid groups (broad SMARTS) is 1. The lowest BCUT2D eigenvalue weighted by Crippen LogP contribution is -2.36. The quantitative estimate of drug-likeness (QED) is 0.862. The van der Waals surface area contributed by atoms with Crippen molar-refractivity contribution in [2.75, 3.05) is 31.2 Å². The fraction of sp³-hybridized carbons (Fsp3) is 0.533. The van der Waals surface area contributed by atoms with Gasteiger partial charge < -0.3 is 20.5 Å². The van der Waals surface area contributed by atoms with Gasteiger partial charge in [0.2, 0.25) is 0 Å². The van der Waals surface area contributed by atoms with Crippen LogP contribution in [0.1, 0.15) is 16.7 Å². The van der Waals surface area contributed by atoms with Crippen molar-refractivity contribution >= 4 is 11.7 Å². The Morgan fingerprint density at radius 3 is 2.40 bits per heavy atom. The van der Waals surface area contributed by atoms with Crippen molar-refractivity contribution < 1.29 is 14.6 Å². The highest BCUT2D eigenvalue weighted by Crippen LogP contribution is 2.24. The van der Waals surface area contributed by atoms with Crippen LogP contribution in [0.5, 0.6) is 0 Å². The zero-order valence-electron chi connectivity index (χ0n) is 12.1. The van der Waals surface area contributed by atoms with E-state index in [1.54, 1.807) is 0 Å². The van der Waals surface area contributed by atoms with Crippen LogP contribution >= 0.6 is 0 Å². The van der Waals surface area contributed by atoms with Crippen LogP contribution in [0.3, 0.4) is 0 Å². The molecule has 5 heteroatoms. The van der Waals surface area contributed by atoms with Gasteiger partial charge in [-0.1, -0.05) is 0 Å². The highest BCUT2D eigenvalue weighted by molar-refractivity contribution is 5.73. The minimum Gasteiger partial charge on any atom is -0.480 e. The maximum absolute atomic E-state index is 10.9. The minimum absolute atomic E-state index is 0.371. The molecule has 1 unspecified atom stereocenters. The van der Waals surface area contributed by atoms with Crippen molar-refractivity contribution in [3.63, 3.8) is 0 Å². The number of nitrogens with two attached hydrogens (primary N) is 1. The first-order valence-electron chi connectivity index (χ1n) is 6.90. The zero-order valence-corrected chi connectivity index (χ0v) is 12.1. The highest BCUT2D eigenvalue weighted by atomic mass is 16.5. The SMILES string of the molecule is Cc1cc(N2CCOCC2)cc(C)c1CC(N)C(=O)O. The predicted molar refractivity (Wildman–Crippen MR) is 78.3 cm³/mol. The van der Waals surface area contributed by atoms with Crippen LogP contribution in [0.25, 0.3) is 0 Å². The molecule has 0 amide bonds. The molecule has 1 atom stereocenters. The molecule has 1 aromatic rings. The van der Waals surface area contributed by atoms with E-state index in [0.29, 0.717) is 6.42 Å². The van der Waals surface area contributed by atoms with Crippen LogP contribution in [0.4, 0.5) is 5.69 Å². The Bertz CT molecular complexity index is 473. The predicted octanol–water partition coefficient (Wildman–Crippen LogP) is 1.09. The molecule has 0 aliphatic carbocycles. The van der Waals surface area contributed by atoms with Gasteiger partial charge in [0, 0.05) is 18.8 Å². The molecule has 0 radical (unpaired) electrons. The van der Waals surface area contributed by atoms with Crippen molar-refractivity contribution in [3.8, 4) is 0 Å². The molecule has 20 heavy (non-hydrogen) atoms. The van der Waals surface area contributed by atoms with Gasteiger partial charge in [-0.05, 0) is 49.1 Å². The van der Waals surface area contributed by atoms with Crippen molar-refractivity contribution in [2.24, 2.45) is 5.73 Å². The van der Waals surface area contributed by atoms with Crippen LogP contribution in [-0.4, -0.2) is 43.4 Å². The summed E-state index contributed by atoms with van der Waals surface area (Å²) in [6.07, 6.45) is 0.371. The number of anilines is 1. The number of hydrogen-bond donors (Lipinski definition) is 2. The molecule has 0 spiro atoms. The first-order chi connectivity index (χ1) is 9.49. The van der Waals surface area contributed by atoms with Gasteiger partial charge in [-0.2, -0.15) is 0 Å². The number of morpholine rings is 1. The number of ether oxygens (including phenoxy) is 1. The van der Waals surface area contributed by atoms with E-state index in [9.17, 15) is 4.79 Å². The summed E-state index contributed by atoms with van der Waals surface area (Å²) < 4.78 is 5.36. The van der Waals surface area contributed by atoms with Crippen molar-refractivity contribution in [2.45, 2.75) is 26.3 Å². The van der Waals surface area contributed by atoms with Gasteiger partial charge in [0.1, 0.15) is 6.04 Å². The molecular weight excluding hydrogens is 256 g/mol. The number of aryl methyl sites for hydroxylation is 2. The standard InChI is InChI=1S/C15H22N2O3/c1-10-7-12(17-3-5-20-6-4-17)8-11(2)13(10)9-14(16)15(18)19/h7-8,14H,3-6,9,16H2,1-2H3,(H,18,19). The molecule has 1 aliphatic rings. The lowest BCUT2D eigenvalue weighted by Gasteiger charge is -2.30. The summed E-state index contributed by atoms with van der Waals surface area (Å²) in [6.45, 7) is 7.33. The summed E-state index contributed by atoms with van der Waals surface area (Å²) in [7, 11) is 0. The van der Waals surface area contributed by atoms with E-state index in [-0.39, 0.29) is 0 Å². The maximum atomic E-state index is 10.9. The molecule has 1 saturated heterocycles. The fourth-order valence-corrected chi connectivity index (χ4v) is 2.60. The van der Waals surface area contributed by atoms with Crippen molar-refractivity contribution in [1.29, 1.82) is 0 Å². The normalized spacial score (nSPS) is 17.1. The second kappa shape index (κ2) is 6.24. The molecule has 1 fully saturated rings. The third-order valence-electron chi connectivity index (χ3n) is 3.80. The first-order valence-corrected chi connectivity index (χ1v) is 6.90. The van der Waals surface area contributed by atoms with Gasteiger partial charge in [0.25, 0.3) is 0 Å². The average molecular weight is 278 g/mol.